The minimum Gasteiger partial charge on any atom is -0.381 e. The Kier molecular flexibility index (Phi) is 4.59. The van der Waals surface area contributed by atoms with E-state index in [-0.39, 0.29) is 0 Å². The fourth-order valence-corrected chi connectivity index (χ4v) is 2.93. The molecule has 0 amide bonds. The molecule has 3 rings (SSSR count). The fraction of sp³-hybridized carbons (Fsp3) is 0.375. The van der Waals surface area contributed by atoms with E-state index in [1.807, 2.05) is 12.1 Å². The molecule has 0 N–H and O–H groups in total. The SMILES string of the molecule is O=c1c(=O)n(-c2ccc(Br)cc2)ccn1CC1CCOCC1. The van der Waals surface area contributed by atoms with Gasteiger partial charge in [0.1, 0.15) is 0 Å². The van der Waals surface area contributed by atoms with Crippen LogP contribution in [0.15, 0.2) is 50.7 Å². The summed E-state index contributed by atoms with van der Waals surface area (Å²) in [4.78, 5) is 24.6. The molecule has 1 aromatic heterocycles. The van der Waals surface area contributed by atoms with Crippen LogP contribution < -0.4 is 11.1 Å². The number of ether oxygens (including phenoxy) is 1. The van der Waals surface area contributed by atoms with Gasteiger partial charge in [-0.2, -0.15) is 0 Å². The van der Waals surface area contributed by atoms with Crippen LogP contribution in [0, 0.1) is 5.92 Å². The first-order chi connectivity index (χ1) is 10.6. The van der Waals surface area contributed by atoms with Crippen molar-refractivity contribution >= 4 is 15.9 Å². The first-order valence-corrected chi connectivity index (χ1v) is 8.10. The molecule has 1 fully saturated rings. The number of rotatable bonds is 3. The van der Waals surface area contributed by atoms with Gasteiger partial charge in [0.05, 0.1) is 0 Å². The molecule has 0 unspecified atom stereocenters. The van der Waals surface area contributed by atoms with Crippen molar-refractivity contribution < 1.29 is 4.74 Å². The van der Waals surface area contributed by atoms with E-state index in [2.05, 4.69) is 15.9 Å². The van der Waals surface area contributed by atoms with Crippen molar-refractivity contribution in [2.24, 2.45) is 5.92 Å². The molecule has 0 atom stereocenters. The zero-order chi connectivity index (χ0) is 15.5. The van der Waals surface area contributed by atoms with Crippen molar-refractivity contribution in [2.75, 3.05) is 13.2 Å². The van der Waals surface area contributed by atoms with Crippen LogP contribution in [0.3, 0.4) is 0 Å². The van der Waals surface area contributed by atoms with Gasteiger partial charge in [-0.1, -0.05) is 15.9 Å². The van der Waals surface area contributed by atoms with Crippen LogP contribution in [0.1, 0.15) is 12.8 Å². The normalized spacial score (nSPS) is 15.9. The highest BCUT2D eigenvalue weighted by Gasteiger charge is 2.16. The monoisotopic (exact) mass is 364 g/mol. The molecule has 0 bridgehead atoms. The third-order valence-corrected chi connectivity index (χ3v) is 4.49. The summed E-state index contributed by atoms with van der Waals surface area (Å²) < 4.78 is 9.15. The lowest BCUT2D eigenvalue weighted by molar-refractivity contribution is 0.0609. The van der Waals surface area contributed by atoms with Crippen LogP contribution in [-0.4, -0.2) is 22.3 Å². The van der Waals surface area contributed by atoms with Crippen molar-refractivity contribution in [1.82, 2.24) is 9.13 Å². The van der Waals surface area contributed by atoms with Crippen molar-refractivity contribution in [2.45, 2.75) is 19.4 Å². The molecule has 2 aromatic rings. The molecular formula is C16H17BrN2O3. The van der Waals surface area contributed by atoms with Gasteiger partial charge >= 0.3 is 11.1 Å². The van der Waals surface area contributed by atoms with E-state index in [1.54, 1.807) is 24.5 Å². The average molecular weight is 365 g/mol. The van der Waals surface area contributed by atoms with Gasteiger partial charge in [0.15, 0.2) is 0 Å². The summed E-state index contributed by atoms with van der Waals surface area (Å²) in [6.45, 7) is 2.05. The largest absolute Gasteiger partial charge is 0.381 e. The maximum absolute atomic E-state index is 12.3. The molecule has 2 heterocycles. The van der Waals surface area contributed by atoms with Gasteiger partial charge in [0.25, 0.3) is 0 Å². The number of nitrogens with zero attached hydrogens (tertiary/aromatic N) is 2. The summed E-state index contributed by atoms with van der Waals surface area (Å²) in [6, 6.07) is 7.28. The Balaban J connectivity index is 1.89. The van der Waals surface area contributed by atoms with E-state index in [9.17, 15) is 9.59 Å². The summed E-state index contributed by atoms with van der Waals surface area (Å²) in [7, 11) is 0. The number of hydrogen-bond acceptors (Lipinski definition) is 3. The summed E-state index contributed by atoms with van der Waals surface area (Å²) in [5.41, 5.74) is -0.308. The Morgan fingerprint density at radius 2 is 1.73 bits per heavy atom. The van der Waals surface area contributed by atoms with E-state index in [0.29, 0.717) is 18.2 Å². The number of hydrogen-bond donors (Lipinski definition) is 0. The van der Waals surface area contributed by atoms with E-state index < -0.39 is 11.1 Å². The molecule has 6 heteroatoms. The predicted molar refractivity (Wildman–Crippen MR) is 87.5 cm³/mol. The Morgan fingerprint density at radius 1 is 1.05 bits per heavy atom. The predicted octanol–water partition coefficient (Wildman–Crippen LogP) is 2.19. The lowest BCUT2D eigenvalue weighted by Gasteiger charge is -2.22. The Labute approximate surface area is 136 Å². The smallest absolute Gasteiger partial charge is 0.320 e. The lowest BCUT2D eigenvalue weighted by atomic mass is 10.0. The first-order valence-electron chi connectivity index (χ1n) is 7.31. The van der Waals surface area contributed by atoms with Crippen molar-refractivity contribution in [3.05, 3.63) is 61.8 Å². The highest BCUT2D eigenvalue weighted by atomic mass is 79.9. The minimum absolute atomic E-state index is 0.398. The number of aromatic nitrogens is 2. The first kappa shape index (κ1) is 15.2. The van der Waals surface area contributed by atoms with Gasteiger partial charge in [0, 0.05) is 42.3 Å². The molecule has 116 valence electrons. The quantitative estimate of drug-likeness (QED) is 0.784. The molecule has 1 aromatic carbocycles. The molecule has 22 heavy (non-hydrogen) atoms. The van der Waals surface area contributed by atoms with Gasteiger partial charge in [0.2, 0.25) is 0 Å². The number of halogens is 1. The maximum atomic E-state index is 12.3. The Bertz CT molecular complexity index is 758. The summed E-state index contributed by atoms with van der Waals surface area (Å²) in [5, 5.41) is 0. The molecular weight excluding hydrogens is 348 g/mol. The van der Waals surface area contributed by atoms with Crippen molar-refractivity contribution in [3.63, 3.8) is 0 Å². The van der Waals surface area contributed by atoms with Crippen LogP contribution in [0.25, 0.3) is 5.69 Å². The van der Waals surface area contributed by atoms with E-state index in [4.69, 9.17) is 4.74 Å². The number of benzene rings is 1. The van der Waals surface area contributed by atoms with Crippen LogP contribution in [-0.2, 0) is 11.3 Å². The molecule has 1 aliphatic rings. The second-order valence-corrected chi connectivity index (χ2v) is 6.38. The molecule has 0 saturated carbocycles. The molecule has 0 aliphatic carbocycles. The van der Waals surface area contributed by atoms with Crippen LogP contribution in [0.2, 0.25) is 0 Å². The fourth-order valence-electron chi connectivity index (χ4n) is 2.66. The molecule has 0 spiro atoms. The van der Waals surface area contributed by atoms with Gasteiger partial charge < -0.3 is 9.30 Å². The van der Waals surface area contributed by atoms with Crippen LogP contribution in [0.5, 0.6) is 0 Å². The van der Waals surface area contributed by atoms with E-state index in [0.717, 1.165) is 30.5 Å². The maximum Gasteiger partial charge on any atom is 0.320 e. The summed E-state index contributed by atoms with van der Waals surface area (Å²) in [6.07, 6.45) is 5.22. The molecule has 0 radical (unpaired) electrons. The second-order valence-electron chi connectivity index (χ2n) is 5.46. The highest BCUT2D eigenvalue weighted by molar-refractivity contribution is 9.10. The van der Waals surface area contributed by atoms with Gasteiger partial charge in [-0.25, -0.2) is 0 Å². The molecule has 5 nitrogen and oxygen atoms in total. The summed E-state index contributed by atoms with van der Waals surface area (Å²) >= 11 is 3.35. The minimum atomic E-state index is -0.517. The second kappa shape index (κ2) is 6.62. The third kappa shape index (κ3) is 3.23. The molecule has 1 aliphatic heterocycles. The zero-order valence-electron chi connectivity index (χ0n) is 12.1. The van der Waals surface area contributed by atoms with Crippen molar-refractivity contribution in [3.8, 4) is 5.69 Å². The highest BCUT2D eigenvalue weighted by Crippen LogP contribution is 2.16. The standard InChI is InChI=1S/C16H17BrN2O3/c17-13-1-3-14(4-2-13)19-8-7-18(15(20)16(19)21)11-12-5-9-22-10-6-12/h1-4,7-8,12H,5-6,9-11H2. The lowest BCUT2D eigenvalue weighted by Crippen LogP contribution is -2.41. The van der Waals surface area contributed by atoms with Gasteiger partial charge in [-0.3, -0.25) is 14.2 Å². The third-order valence-electron chi connectivity index (χ3n) is 3.96. The van der Waals surface area contributed by atoms with Crippen LogP contribution >= 0.6 is 15.9 Å². The average Bonchev–Trinajstić information content (AvgIpc) is 2.54. The topological polar surface area (TPSA) is 53.2 Å². The van der Waals surface area contributed by atoms with Crippen molar-refractivity contribution in [1.29, 1.82) is 0 Å². The summed E-state index contributed by atoms with van der Waals surface area (Å²) in [5.74, 6) is 0.398. The van der Waals surface area contributed by atoms with E-state index >= 15 is 0 Å². The Morgan fingerprint density at radius 3 is 2.41 bits per heavy atom. The van der Waals surface area contributed by atoms with Gasteiger partial charge in [-0.05, 0) is 43.0 Å². The Hall–Kier alpha value is -1.66. The van der Waals surface area contributed by atoms with Gasteiger partial charge in [-0.15, -0.1) is 0 Å². The zero-order valence-corrected chi connectivity index (χ0v) is 13.7. The molecule has 1 saturated heterocycles. The van der Waals surface area contributed by atoms with E-state index in [1.165, 1.54) is 9.13 Å². The van der Waals surface area contributed by atoms with Crippen LogP contribution in [0.4, 0.5) is 0 Å².